The first-order chi connectivity index (χ1) is 16.7. The lowest BCUT2D eigenvalue weighted by atomic mass is 10.2. The van der Waals surface area contributed by atoms with E-state index in [0.29, 0.717) is 25.5 Å². The SMILES string of the molecule is Cc1cc(C)nc(N(CCc2csc(SC(C)(C)C(=O)O)n2)Cc2cnn(-c3ccccc3)c2)n1. The van der Waals surface area contributed by atoms with Gasteiger partial charge in [-0.25, -0.2) is 19.6 Å². The van der Waals surface area contributed by atoms with Crippen LogP contribution in [0.1, 0.15) is 36.5 Å². The fourth-order valence-corrected chi connectivity index (χ4v) is 5.67. The van der Waals surface area contributed by atoms with Crippen LogP contribution in [-0.4, -0.2) is 47.1 Å². The molecule has 8 nitrogen and oxygen atoms in total. The summed E-state index contributed by atoms with van der Waals surface area (Å²) in [6.45, 7) is 8.59. The number of anilines is 1. The van der Waals surface area contributed by atoms with Gasteiger partial charge in [0.25, 0.3) is 0 Å². The Morgan fingerprint density at radius 2 is 1.86 bits per heavy atom. The highest BCUT2D eigenvalue weighted by Crippen LogP contribution is 2.34. The highest BCUT2D eigenvalue weighted by molar-refractivity contribution is 8.03. The number of rotatable bonds is 10. The van der Waals surface area contributed by atoms with Crippen LogP contribution < -0.4 is 4.90 Å². The predicted molar refractivity (Wildman–Crippen MR) is 140 cm³/mol. The Hall–Kier alpha value is -3.24. The average Bonchev–Trinajstić information content (AvgIpc) is 3.45. The van der Waals surface area contributed by atoms with E-state index in [1.807, 2.05) is 72.7 Å². The summed E-state index contributed by atoms with van der Waals surface area (Å²) >= 11 is 2.75. The van der Waals surface area contributed by atoms with Crippen LogP contribution in [0.15, 0.2) is 58.5 Å². The van der Waals surface area contributed by atoms with E-state index in [2.05, 4.69) is 25.0 Å². The zero-order chi connectivity index (χ0) is 25.0. The van der Waals surface area contributed by atoms with Crippen molar-refractivity contribution in [3.8, 4) is 5.69 Å². The monoisotopic (exact) mass is 508 g/mol. The maximum Gasteiger partial charge on any atom is 0.319 e. The first-order valence-electron chi connectivity index (χ1n) is 11.2. The van der Waals surface area contributed by atoms with Crippen LogP contribution in [0.25, 0.3) is 5.69 Å². The summed E-state index contributed by atoms with van der Waals surface area (Å²) in [5.74, 6) is -0.180. The maximum atomic E-state index is 11.5. The van der Waals surface area contributed by atoms with Gasteiger partial charge in [-0.3, -0.25) is 4.79 Å². The molecule has 0 saturated heterocycles. The Kier molecular flexibility index (Phi) is 7.51. The largest absolute Gasteiger partial charge is 0.480 e. The first kappa shape index (κ1) is 24.9. The molecule has 0 spiro atoms. The number of hydrogen-bond donors (Lipinski definition) is 1. The van der Waals surface area contributed by atoms with Gasteiger partial charge in [-0.2, -0.15) is 5.10 Å². The molecule has 0 atom stereocenters. The molecule has 0 unspecified atom stereocenters. The minimum atomic E-state index is -0.924. The molecule has 0 radical (unpaired) electrons. The molecular weight excluding hydrogens is 480 g/mol. The molecule has 35 heavy (non-hydrogen) atoms. The highest BCUT2D eigenvalue weighted by atomic mass is 32.2. The summed E-state index contributed by atoms with van der Waals surface area (Å²) < 4.78 is 1.70. The van der Waals surface area contributed by atoms with Gasteiger partial charge < -0.3 is 10.0 Å². The van der Waals surface area contributed by atoms with Crippen LogP contribution >= 0.6 is 23.1 Å². The number of aryl methyl sites for hydroxylation is 2. The van der Waals surface area contributed by atoms with Crippen LogP contribution in [0.5, 0.6) is 0 Å². The summed E-state index contributed by atoms with van der Waals surface area (Å²) in [5, 5.41) is 15.9. The van der Waals surface area contributed by atoms with Crippen molar-refractivity contribution >= 4 is 35.0 Å². The third kappa shape index (κ3) is 6.46. The van der Waals surface area contributed by atoms with Gasteiger partial charge in [-0.05, 0) is 45.9 Å². The number of carbonyl (C=O) groups is 1. The smallest absolute Gasteiger partial charge is 0.319 e. The molecule has 0 aliphatic carbocycles. The molecule has 4 aromatic rings. The number of nitrogens with zero attached hydrogens (tertiary/aromatic N) is 6. The van der Waals surface area contributed by atoms with Gasteiger partial charge in [0.1, 0.15) is 4.75 Å². The molecule has 0 aliphatic rings. The molecule has 0 aliphatic heterocycles. The van der Waals surface area contributed by atoms with Crippen LogP contribution in [0.3, 0.4) is 0 Å². The Morgan fingerprint density at radius 3 is 2.54 bits per heavy atom. The number of thioether (sulfide) groups is 1. The third-order valence-electron chi connectivity index (χ3n) is 5.31. The number of para-hydroxylation sites is 1. The van der Waals surface area contributed by atoms with Crippen molar-refractivity contribution in [2.75, 3.05) is 11.4 Å². The Labute approximate surface area is 213 Å². The maximum absolute atomic E-state index is 11.5. The van der Waals surface area contributed by atoms with Crippen molar-refractivity contribution in [2.24, 2.45) is 0 Å². The minimum Gasteiger partial charge on any atom is -0.480 e. The second-order valence-corrected chi connectivity index (χ2v) is 11.5. The number of hydrogen-bond acceptors (Lipinski definition) is 8. The molecule has 0 saturated carbocycles. The number of thiazole rings is 1. The Balaban J connectivity index is 1.51. The summed E-state index contributed by atoms with van der Waals surface area (Å²) in [6, 6.07) is 12.0. The molecule has 1 N–H and O–H groups in total. The van der Waals surface area contributed by atoms with Crippen LogP contribution in [-0.2, 0) is 17.8 Å². The van der Waals surface area contributed by atoms with E-state index in [0.717, 1.165) is 32.7 Å². The minimum absolute atomic E-state index is 0.605. The van der Waals surface area contributed by atoms with E-state index in [1.165, 1.54) is 23.1 Å². The van der Waals surface area contributed by atoms with Gasteiger partial charge in [0.2, 0.25) is 5.95 Å². The molecule has 0 bridgehead atoms. The van der Waals surface area contributed by atoms with Crippen molar-refractivity contribution in [3.05, 3.63) is 76.8 Å². The molecule has 0 amide bonds. The molecular formula is C25H28N6O2S2. The van der Waals surface area contributed by atoms with Crippen LogP contribution in [0.2, 0.25) is 0 Å². The standard InChI is InChI=1S/C25H28N6O2S2/c1-17-12-18(2)28-23(27-17)30(14-19-13-26-31(15-19)21-8-6-5-7-9-21)11-10-20-16-34-24(29-20)35-25(3,4)22(32)33/h5-9,12-13,15-16H,10-11,14H2,1-4H3,(H,32,33). The van der Waals surface area contributed by atoms with Gasteiger partial charge >= 0.3 is 5.97 Å². The number of carboxylic acid groups (broad SMARTS) is 1. The lowest BCUT2D eigenvalue weighted by Gasteiger charge is -2.22. The van der Waals surface area contributed by atoms with Gasteiger partial charge in [-0.1, -0.05) is 30.0 Å². The van der Waals surface area contributed by atoms with Gasteiger partial charge in [0.05, 0.1) is 17.6 Å². The van der Waals surface area contributed by atoms with Crippen molar-refractivity contribution in [1.29, 1.82) is 0 Å². The zero-order valence-electron chi connectivity index (χ0n) is 20.2. The van der Waals surface area contributed by atoms with Crippen molar-refractivity contribution < 1.29 is 9.90 Å². The van der Waals surface area contributed by atoms with Crippen molar-refractivity contribution in [3.63, 3.8) is 0 Å². The number of aromatic nitrogens is 5. The second-order valence-electron chi connectivity index (χ2n) is 8.77. The average molecular weight is 509 g/mol. The van der Waals surface area contributed by atoms with Crippen molar-refractivity contribution in [2.45, 2.75) is 49.7 Å². The fourth-order valence-electron chi connectivity index (χ4n) is 3.44. The molecule has 182 valence electrons. The van der Waals surface area contributed by atoms with Crippen molar-refractivity contribution in [1.82, 2.24) is 24.7 Å². The van der Waals surface area contributed by atoms with E-state index >= 15 is 0 Å². The van der Waals surface area contributed by atoms with E-state index in [9.17, 15) is 9.90 Å². The van der Waals surface area contributed by atoms with Gasteiger partial charge in [0.15, 0.2) is 4.34 Å². The van der Waals surface area contributed by atoms with E-state index in [1.54, 1.807) is 13.8 Å². The van der Waals surface area contributed by atoms with E-state index < -0.39 is 10.7 Å². The first-order valence-corrected chi connectivity index (χ1v) is 12.9. The number of carboxylic acids is 1. The third-order valence-corrected chi connectivity index (χ3v) is 7.48. The lowest BCUT2D eigenvalue weighted by molar-refractivity contribution is -0.138. The van der Waals surface area contributed by atoms with Gasteiger partial charge in [-0.15, -0.1) is 11.3 Å². The topological polar surface area (TPSA) is 97.0 Å². The Morgan fingerprint density at radius 1 is 1.14 bits per heavy atom. The van der Waals surface area contributed by atoms with E-state index in [4.69, 9.17) is 0 Å². The van der Waals surface area contributed by atoms with Crippen LogP contribution in [0.4, 0.5) is 5.95 Å². The summed E-state index contributed by atoms with van der Waals surface area (Å²) in [7, 11) is 0. The summed E-state index contributed by atoms with van der Waals surface area (Å²) in [4.78, 5) is 27.6. The molecule has 4 rings (SSSR count). The van der Waals surface area contributed by atoms with Crippen LogP contribution in [0, 0.1) is 13.8 Å². The molecule has 3 aromatic heterocycles. The van der Waals surface area contributed by atoms with Gasteiger partial charge in [0, 0.05) is 48.0 Å². The number of aliphatic carboxylic acids is 1. The summed E-state index contributed by atoms with van der Waals surface area (Å²) in [6.07, 6.45) is 4.58. The zero-order valence-corrected chi connectivity index (χ0v) is 21.8. The molecule has 1 aromatic carbocycles. The Bertz CT molecular complexity index is 1280. The number of benzene rings is 1. The normalized spacial score (nSPS) is 11.5. The molecule has 0 fully saturated rings. The summed E-state index contributed by atoms with van der Waals surface area (Å²) in [5.41, 5.74) is 4.81. The molecule has 10 heteroatoms. The lowest BCUT2D eigenvalue weighted by Crippen LogP contribution is -2.28. The highest BCUT2D eigenvalue weighted by Gasteiger charge is 2.29. The second kappa shape index (κ2) is 10.6. The molecule has 3 heterocycles. The fraction of sp³-hybridized carbons (Fsp3) is 0.320. The predicted octanol–water partition coefficient (Wildman–Crippen LogP) is 4.94. The van der Waals surface area contributed by atoms with E-state index in [-0.39, 0.29) is 0 Å². The quantitative estimate of drug-likeness (QED) is 0.301.